The predicted molar refractivity (Wildman–Crippen MR) is 101 cm³/mol. The minimum atomic E-state index is -0.0543. The molecule has 8 nitrogen and oxygen atoms in total. The number of anilines is 1. The van der Waals surface area contributed by atoms with Crippen LogP contribution in [0.15, 0.2) is 48.5 Å². The molecule has 2 aromatic carbocycles. The van der Waals surface area contributed by atoms with Gasteiger partial charge in [0.15, 0.2) is 5.82 Å². The van der Waals surface area contributed by atoms with Crippen LogP contribution in [0.2, 0.25) is 0 Å². The van der Waals surface area contributed by atoms with Crippen molar-refractivity contribution in [3.05, 3.63) is 48.5 Å². The summed E-state index contributed by atoms with van der Waals surface area (Å²) in [6, 6.07) is 14.7. The molecule has 0 saturated carbocycles. The van der Waals surface area contributed by atoms with Crippen molar-refractivity contribution in [1.29, 1.82) is 0 Å². The van der Waals surface area contributed by atoms with Crippen LogP contribution in [0.5, 0.6) is 11.5 Å². The Balaban J connectivity index is 1.42. The maximum atomic E-state index is 12.1. The number of aromatic nitrogens is 4. The van der Waals surface area contributed by atoms with Gasteiger partial charge < -0.3 is 14.8 Å². The Morgan fingerprint density at radius 1 is 1.07 bits per heavy atom. The average Bonchev–Trinajstić information content (AvgIpc) is 3.12. The van der Waals surface area contributed by atoms with Gasteiger partial charge in [-0.1, -0.05) is 0 Å². The van der Waals surface area contributed by atoms with Gasteiger partial charge in [-0.05, 0) is 65.4 Å². The largest absolute Gasteiger partial charge is 0.497 e. The minimum Gasteiger partial charge on any atom is -0.497 e. The summed E-state index contributed by atoms with van der Waals surface area (Å²) in [5.41, 5.74) is 1.61. The fraction of sp³-hybridized carbons (Fsp3) is 0.263. The van der Waals surface area contributed by atoms with Gasteiger partial charge in [0.25, 0.3) is 0 Å². The highest BCUT2D eigenvalue weighted by Gasteiger charge is 2.07. The van der Waals surface area contributed by atoms with Crippen molar-refractivity contribution in [2.45, 2.75) is 12.8 Å². The van der Waals surface area contributed by atoms with E-state index in [9.17, 15) is 4.79 Å². The highest BCUT2D eigenvalue weighted by atomic mass is 16.5. The van der Waals surface area contributed by atoms with Crippen LogP contribution in [0, 0.1) is 0 Å². The molecule has 3 rings (SSSR count). The van der Waals surface area contributed by atoms with Crippen LogP contribution in [-0.2, 0) is 11.8 Å². The summed E-state index contributed by atoms with van der Waals surface area (Å²) in [5.74, 6) is 2.15. The molecule has 140 valence electrons. The van der Waals surface area contributed by atoms with Crippen LogP contribution in [0.3, 0.4) is 0 Å². The summed E-state index contributed by atoms with van der Waals surface area (Å²) in [4.78, 5) is 12.1. The Morgan fingerprint density at radius 3 is 2.41 bits per heavy atom. The normalized spacial score (nSPS) is 10.4. The maximum absolute atomic E-state index is 12.1. The Labute approximate surface area is 157 Å². The molecule has 0 aliphatic rings. The first-order chi connectivity index (χ1) is 13.2. The number of amides is 1. The maximum Gasteiger partial charge on any atom is 0.224 e. The minimum absolute atomic E-state index is 0.0543. The van der Waals surface area contributed by atoms with E-state index in [1.54, 1.807) is 18.8 Å². The number of carbonyl (C=O) groups excluding carboxylic acids is 1. The summed E-state index contributed by atoms with van der Waals surface area (Å²) in [7, 11) is 3.40. The Hall–Kier alpha value is -3.42. The SMILES string of the molecule is COc1ccc(OCCCC(=O)Nc2ccc(-c3nnnn3C)cc2)cc1. The molecule has 0 atom stereocenters. The molecule has 27 heavy (non-hydrogen) atoms. The molecule has 8 heteroatoms. The smallest absolute Gasteiger partial charge is 0.224 e. The van der Waals surface area contributed by atoms with E-state index in [0.717, 1.165) is 22.7 Å². The van der Waals surface area contributed by atoms with Gasteiger partial charge in [-0.25, -0.2) is 4.68 Å². The molecular formula is C19H21N5O3. The van der Waals surface area contributed by atoms with Gasteiger partial charge in [0.2, 0.25) is 5.91 Å². The molecule has 0 spiro atoms. The van der Waals surface area contributed by atoms with Crippen molar-refractivity contribution in [3.8, 4) is 22.9 Å². The van der Waals surface area contributed by atoms with E-state index in [1.165, 1.54) is 0 Å². The fourth-order valence-corrected chi connectivity index (χ4v) is 2.49. The second-order valence-corrected chi connectivity index (χ2v) is 5.88. The van der Waals surface area contributed by atoms with Gasteiger partial charge in [0.1, 0.15) is 11.5 Å². The van der Waals surface area contributed by atoms with Crippen molar-refractivity contribution in [2.75, 3.05) is 19.0 Å². The quantitative estimate of drug-likeness (QED) is 0.616. The third-order valence-electron chi connectivity index (χ3n) is 3.92. The second kappa shape index (κ2) is 8.79. The lowest BCUT2D eigenvalue weighted by Crippen LogP contribution is -2.12. The van der Waals surface area contributed by atoms with Crippen LogP contribution in [0.4, 0.5) is 5.69 Å². The van der Waals surface area contributed by atoms with Crippen molar-refractivity contribution in [2.24, 2.45) is 7.05 Å². The Bertz CT molecular complexity index is 875. The van der Waals surface area contributed by atoms with Crippen LogP contribution in [0.1, 0.15) is 12.8 Å². The first-order valence-electron chi connectivity index (χ1n) is 8.55. The van der Waals surface area contributed by atoms with Crippen LogP contribution in [-0.4, -0.2) is 39.8 Å². The Morgan fingerprint density at radius 2 is 1.78 bits per heavy atom. The standard InChI is InChI=1S/C19H21N5O3/c1-24-19(21-22-23-24)14-5-7-15(8-6-14)20-18(25)4-3-13-27-17-11-9-16(26-2)10-12-17/h5-12H,3-4,13H2,1-2H3,(H,20,25). The molecule has 3 aromatic rings. The van der Waals surface area contributed by atoms with Crippen molar-refractivity contribution >= 4 is 11.6 Å². The molecule has 0 aliphatic carbocycles. The van der Waals surface area contributed by atoms with Crippen LogP contribution < -0.4 is 14.8 Å². The number of nitrogens with zero attached hydrogens (tertiary/aromatic N) is 4. The summed E-state index contributed by atoms with van der Waals surface area (Å²) < 4.78 is 12.3. The lowest BCUT2D eigenvalue weighted by Gasteiger charge is -2.08. The molecular weight excluding hydrogens is 346 g/mol. The number of benzene rings is 2. The molecule has 1 aromatic heterocycles. The number of ether oxygens (including phenoxy) is 2. The Kier molecular flexibility index (Phi) is 5.98. The molecule has 0 bridgehead atoms. The van der Waals surface area contributed by atoms with E-state index < -0.39 is 0 Å². The van der Waals surface area contributed by atoms with E-state index >= 15 is 0 Å². The monoisotopic (exact) mass is 367 g/mol. The van der Waals surface area contributed by atoms with Crippen molar-refractivity contribution in [1.82, 2.24) is 20.2 Å². The number of rotatable bonds is 8. The number of nitrogens with one attached hydrogen (secondary N) is 1. The number of aryl methyl sites for hydroxylation is 1. The summed E-state index contributed by atoms with van der Waals surface area (Å²) in [5, 5.41) is 14.2. The third kappa shape index (κ3) is 5.04. The van der Waals surface area contributed by atoms with Crippen molar-refractivity contribution < 1.29 is 14.3 Å². The number of hydrogen-bond donors (Lipinski definition) is 1. The molecule has 0 saturated heterocycles. The van der Waals surface area contributed by atoms with E-state index in [4.69, 9.17) is 9.47 Å². The number of carbonyl (C=O) groups is 1. The first kappa shape index (κ1) is 18.4. The second-order valence-electron chi connectivity index (χ2n) is 5.88. The van der Waals surface area contributed by atoms with E-state index in [1.807, 2.05) is 48.5 Å². The van der Waals surface area contributed by atoms with Gasteiger partial charge in [-0.15, -0.1) is 5.10 Å². The zero-order valence-electron chi connectivity index (χ0n) is 15.3. The predicted octanol–water partition coefficient (Wildman–Crippen LogP) is 2.68. The van der Waals surface area contributed by atoms with E-state index in [0.29, 0.717) is 25.3 Å². The van der Waals surface area contributed by atoms with Crippen LogP contribution in [0.25, 0.3) is 11.4 Å². The van der Waals surface area contributed by atoms with E-state index in [-0.39, 0.29) is 5.91 Å². The number of tetrazole rings is 1. The highest BCUT2D eigenvalue weighted by Crippen LogP contribution is 2.19. The molecule has 1 N–H and O–H groups in total. The highest BCUT2D eigenvalue weighted by molar-refractivity contribution is 5.90. The summed E-state index contributed by atoms with van der Waals surface area (Å²) >= 11 is 0. The first-order valence-corrected chi connectivity index (χ1v) is 8.55. The van der Waals surface area contributed by atoms with Gasteiger partial charge >= 0.3 is 0 Å². The third-order valence-corrected chi connectivity index (χ3v) is 3.92. The molecule has 0 radical (unpaired) electrons. The zero-order chi connectivity index (χ0) is 19.1. The summed E-state index contributed by atoms with van der Waals surface area (Å²) in [6.07, 6.45) is 1.01. The van der Waals surface area contributed by atoms with E-state index in [2.05, 4.69) is 20.8 Å². The molecule has 0 aliphatic heterocycles. The number of methoxy groups -OCH3 is 1. The van der Waals surface area contributed by atoms with Gasteiger partial charge in [-0.2, -0.15) is 0 Å². The lowest BCUT2D eigenvalue weighted by molar-refractivity contribution is -0.116. The van der Waals surface area contributed by atoms with Crippen molar-refractivity contribution in [3.63, 3.8) is 0 Å². The number of hydrogen-bond acceptors (Lipinski definition) is 6. The molecule has 0 fully saturated rings. The zero-order valence-corrected chi connectivity index (χ0v) is 15.3. The van der Waals surface area contributed by atoms with Crippen LogP contribution >= 0.6 is 0 Å². The summed E-state index contributed by atoms with van der Waals surface area (Å²) in [6.45, 7) is 0.470. The lowest BCUT2D eigenvalue weighted by atomic mass is 10.2. The van der Waals surface area contributed by atoms with Gasteiger partial charge in [-0.3, -0.25) is 4.79 Å². The average molecular weight is 367 g/mol. The molecule has 0 unspecified atom stereocenters. The fourth-order valence-electron chi connectivity index (χ4n) is 2.49. The van der Waals surface area contributed by atoms with Gasteiger partial charge in [0.05, 0.1) is 13.7 Å². The topological polar surface area (TPSA) is 91.2 Å². The van der Waals surface area contributed by atoms with Gasteiger partial charge in [0, 0.05) is 24.7 Å². The molecule has 1 heterocycles. The molecule has 1 amide bonds.